The number of rotatable bonds is 40. The number of hydrogen-bond donors (Lipinski definition) is 5. The summed E-state index contributed by atoms with van der Waals surface area (Å²) in [5.74, 6) is -2.66. The molecule has 5 atom stereocenters. The van der Waals surface area contributed by atoms with Crippen LogP contribution in [-0.4, -0.2) is 82.3 Å². The van der Waals surface area contributed by atoms with Gasteiger partial charge in [-0.2, -0.15) is 0 Å². The third kappa shape index (κ3) is 39.0. The Morgan fingerprint density at radius 2 is 1.10 bits per heavy atom. The summed E-state index contributed by atoms with van der Waals surface area (Å²) in [6.07, 6.45) is 40.3. The van der Waals surface area contributed by atoms with Crippen molar-refractivity contribution < 1.29 is 57.7 Å². The Labute approximate surface area is 360 Å². The van der Waals surface area contributed by atoms with E-state index in [2.05, 4.69) is 42.7 Å². The highest BCUT2D eigenvalue weighted by atomic mass is 31.2. The molecule has 344 valence electrons. The number of ether oxygens (including phenoxy) is 2. The summed E-state index contributed by atoms with van der Waals surface area (Å²) in [6, 6.07) is -1.56. The number of aliphatic hydroxyl groups excluding tert-OH is 2. The molecule has 0 heterocycles. The van der Waals surface area contributed by atoms with E-state index in [0.29, 0.717) is 12.8 Å². The van der Waals surface area contributed by atoms with Gasteiger partial charge < -0.3 is 35.4 Å². The van der Waals surface area contributed by atoms with Crippen LogP contribution in [0.25, 0.3) is 0 Å². The van der Waals surface area contributed by atoms with Crippen molar-refractivity contribution >= 4 is 25.7 Å². The molecule has 60 heavy (non-hydrogen) atoms. The molecule has 0 bridgehead atoms. The number of carboxylic acid groups (broad SMARTS) is 1. The minimum Gasteiger partial charge on any atom is -0.480 e. The Kier molecular flexibility index (Phi) is 37.8. The second-order valence-electron chi connectivity index (χ2n) is 14.9. The molecule has 0 saturated carbocycles. The lowest BCUT2D eigenvalue weighted by atomic mass is 10.1. The van der Waals surface area contributed by atoms with Crippen molar-refractivity contribution in [2.24, 2.45) is 5.73 Å². The molecule has 0 aromatic heterocycles. The van der Waals surface area contributed by atoms with Crippen LogP contribution in [0.4, 0.5) is 0 Å². The molecule has 0 radical (unpaired) electrons. The maximum absolute atomic E-state index is 12.6. The van der Waals surface area contributed by atoms with Crippen molar-refractivity contribution in [1.29, 1.82) is 0 Å². The quantitative estimate of drug-likeness (QED) is 0.0128. The van der Waals surface area contributed by atoms with Crippen LogP contribution in [0.1, 0.15) is 155 Å². The number of carbonyl (C=O) groups excluding carboxylic acids is 2. The molecule has 0 fully saturated rings. The van der Waals surface area contributed by atoms with E-state index in [-0.39, 0.29) is 25.7 Å². The van der Waals surface area contributed by atoms with Gasteiger partial charge in [-0.3, -0.25) is 23.4 Å². The van der Waals surface area contributed by atoms with Gasteiger partial charge in [0.2, 0.25) is 0 Å². The van der Waals surface area contributed by atoms with E-state index in [4.69, 9.17) is 24.8 Å². The van der Waals surface area contributed by atoms with E-state index in [1.807, 2.05) is 24.3 Å². The minimum atomic E-state index is -4.79. The molecule has 0 aromatic carbocycles. The summed E-state index contributed by atoms with van der Waals surface area (Å²) in [6.45, 7) is 2.43. The molecule has 0 amide bonds. The van der Waals surface area contributed by atoms with Crippen LogP contribution in [0, 0.1) is 0 Å². The number of carboxylic acids is 1. The SMILES string of the molecule is CCCCC/C=C\C/C=C\CCCCCCCCCC(=O)OC[C@H](COP(=O)(O)OC[C@H](N)C(=O)O)OC(=O)CCC[C@H](O)/C=C/C=C\C/C=C\C=C\[C@H](O)CCCCC. The number of unbranched alkanes of at least 4 members (excludes halogenated alkanes) is 12. The van der Waals surface area contributed by atoms with E-state index in [1.165, 1.54) is 25.7 Å². The first-order chi connectivity index (χ1) is 28.9. The zero-order valence-corrected chi connectivity index (χ0v) is 37.4. The van der Waals surface area contributed by atoms with E-state index < -0.39 is 69.9 Å². The first-order valence-electron chi connectivity index (χ1n) is 22.2. The van der Waals surface area contributed by atoms with Gasteiger partial charge in [0.15, 0.2) is 6.10 Å². The summed E-state index contributed by atoms with van der Waals surface area (Å²) in [7, 11) is -4.79. The standard InChI is InChI=1S/C46H78NO12P/c1-3-5-7-8-9-10-11-12-13-14-15-16-17-18-22-25-29-35-44(50)56-37-42(38-57-60(54,55)58-39-43(47)46(52)53)59-45(51)36-30-34-41(49)33-28-24-21-19-20-23-27-32-40(48)31-26-6-4-2/h9-10,12-13,20-21,23-24,27-28,32-33,40-43,48-49H,3-8,11,14-19,22,25-26,29-31,34-39,47H2,1-2H3,(H,52,53)(H,54,55)/b10-9-,13-12-,23-20-,24-21-,32-27+,33-28+/t40-,41-,42-,43+/m1/s1. The first kappa shape index (κ1) is 56.8. The van der Waals surface area contributed by atoms with Crippen molar-refractivity contribution in [3.05, 3.63) is 72.9 Å². The Morgan fingerprint density at radius 3 is 1.70 bits per heavy atom. The molecule has 14 heteroatoms. The Balaban J connectivity index is 4.61. The number of hydrogen-bond acceptors (Lipinski definition) is 11. The lowest BCUT2D eigenvalue weighted by molar-refractivity contribution is -0.161. The van der Waals surface area contributed by atoms with Gasteiger partial charge in [-0.05, 0) is 64.2 Å². The number of aliphatic carboxylic acids is 1. The molecule has 1 unspecified atom stereocenters. The van der Waals surface area contributed by atoms with Gasteiger partial charge in [0.05, 0.1) is 25.4 Å². The zero-order chi connectivity index (χ0) is 44.5. The van der Waals surface area contributed by atoms with E-state index in [0.717, 1.165) is 77.0 Å². The maximum atomic E-state index is 12.6. The highest BCUT2D eigenvalue weighted by Gasteiger charge is 2.28. The highest BCUT2D eigenvalue weighted by molar-refractivity contribution is 7.47. The van der Waals surface area contributed by atoms with Gasteiger partial charge in [0, 0.05) is 12.8 Å². The second-order valence-corrected chi connectivity index (χ2v) is 16.3. The van der Waals surface area contributed by atoms with Crippen LogP contribution in [0.2, 0.25) is 0 Å². The largest absolute Gasteiger partial charge is 0.480 e. The summed E-state index contributed by atoms with van der Waals surface area (Å²) in [5, 5.41) is 29.1. The van der Waals surface area contributed by atoms with Crippen LogP contribution in [0.3, 0.4) is 0 Å². The molecule has 13 nitrogen and oxygen atoms in total. The monoisotopic (exact) mass is 868 g/mol. The third-order valence-electron chi connectivity index (χ3n) is 9.14. The molecular weight excluding hydrogens is 789 g/mol. The number of nitrogens with two attached hydrogens (primary N) is 1. The zero-order valence-electron chi connectivity index (χ0n) is 36.5. The predicted molar refractivity (Wildman–Crippen MR) is 238 cm³/mol. The van der Waals surface area contributed by atoms with Gasteiger partial charge in [-0.1, -0.05) is 151 Å². The minimum absolute atomic E-state index is 0.0922. The number of aliphatic hydroxyl groups is 2. The fourth-order valence-electron chi connectivity index (χ4n) is 5.54. The van der Waals surface area contributed by atoms with Crippen molar-refractivity contribution in [2.45, 2.75) is 179 Å². The number of esters is 2. The molecule has 6 N–H and O–H groups in total. The van der Waals surface area contributed by atoms with Crippen LogP contribution in [0.5, 0.6) is 0 Å². The fourth-order valence-corrected chi connectivity index (χ4v) is 6.32. The molecular formula is C46H78NO12P. The Bertz CT molecular complexity index is 1330. The Morgan fingerprint density at radius 1 is 0.600 bits per heavy atom. The molecule has 0 aliphatic heterocycles. The molecule has 0 saturated heterocycles. The van der Waals surface area contributed by atoms with Crippen molar-refractivity contribution in [3.8, 4) is 0 Å². The maximum Gasteiger partial charge on any atom is 0.472 e. The predicted octanol–water partition coefficient (Wildman–Crippen LogP) is 9.67. The number of phosphoric acid groups is 1. The number of carbonyl (C=O) groups is 3. The van der Waals surface area contributed by atoms with Gasteiger partial charge in [0.1, 0.15) is 12.6 Å². The number of allylic oxidation sites excluding steroid dienone is 10. The summed E-state index contributed by atoms with van der Waals surface area (Å²) in [4.78, 5) is 46.0. The average Bonchev–Trinajstić information content (AvgIpc) is 3.21. The van der Waals surface area contributed by atoms with Crippen LogP contribution >= 0.6 is 7.82 Å². The van der Waals surface area contributed by atoms with E-state index >= 15 is 0 Å². The molecule has 0 spiro atoms. The van der Waals surface area contributed by atoms with Gasteiger partial charge >= 0.3 is 25.7 Å². The van der Waals surface area contributed by atoms with Crippen molar-refractivity contribution in [3.63, 3.8) is 0 Å². The van der Waals surface area contributed by atoms with Gasteiger partial charge in [-0.15, -0.1) is 0 Å². The van der Waals surface area contributed by atoms with Crippen LogP contribution in [0.15, 0.2) is 72.9 Å². The second kappa shape index (κ2) is 39.9. The average molecular weight is 868 g/mol. The van der Waals surface area contributed by atoms with E-state index in [9.17, 15) is 34.1 Å². The summed E-state index contributed by atoms with van der Waals surface area (Å²) >= 11 is 0. The highest BCUT2D eigenvalue weighted by Crippen LogP contribution is 2.43. The summed E-state index contributed by atoms with van der Waals surface area (Å²) < 4.78 is 32.5. The molecule has 0 rings (SSSR count). The van der Waals surface area contributed by atoms with Crippen molar-refractivity contribution in [2.75, 3.05) is 19.8 Å². The lowest BCUT2D eigenvalue weighted by Crippen LogP contribution is -2.34. The summed E-state index contributed by atoms with van der Waals surface area (Å²) in [5.41, 5.74) is 5.32. The smallest absolute Gasteiger partial charge is 0.472 e. The normalized spacial score (nSPS) is 15.4. The van der Waals surface area contributed by atoms with E-state index in [1.54, 1.807) is 24.3 Å². The Hall–Kier alpha value is -3.16. The third-order valence-corrected chi connectivity index (χ3v) is 10.1. The topological polar surface area (TPSA) is 212 Å². The van der Waals surface area contributed by atoms with Crippen LogP contribution in [-0.2, 0) is 37.5 Å². The van der Waals surface area contributed by atoms with Crippen molar-refractivity contribution in [1.82, 2.24) is 0 Å². The van der Waals surface area contributed by atoms with Crippen LogP contribution < -0.4 is 5.73 Å². The fraction of sp³-hybridized carbons (Fsp3) is 0.674. The lowest BCUT2D eigenvalue weighted by Gasteiger charge is -2.20. The number of phosphoric ester groups is 1. The van der Waals surface area contributed by atoms with Gasteiger partial charge in [-0.25, -0.2) is 4.57 Å². The molecule has 0 aliphatic rings. The molecule has 0 aromatic rings. The first-order valence-corrected chi connectivity index (χ1v) is 23.7. The molecule has 0 aliphatic carbocycles. The van der Waals surface area contributed by atoms with Gasteiger partial charge in [0.25, 0.3) is 0 Å².